The van der Waals surface area contributed by atoms with Crippen molar-refractivity contribution in [2.45, 2.75) is 176 Å². The molecule has 0 saturated carbocycles. The number of carbonyl (C=O) groups excluding carboxylic acids is 5. The number of fused-ring (bicyclic) bond motifs is 5. The fourth-order valence-corrected chi connectivity index (χ4v) is 22.2. The van der Waals surface area contributed by atoms with Crippen molar-refractivity contribution >= 4 is 172 Å². The number of aliphatic imine (C=N–C) groups is 5. The molecule has 10 N–H and O–H groups in total. The molecule has 8 aliphatic heterocycles. The summed E-state index contributed by atoms with van der Waals surface area (Å²) in [7, 11) is 5.99. The van der Waals surface area contributed by atoms with E-state index >= 15 is 0 Å². The lowest BCUT2D eigenvalue weighted by Gasteiger charge is -2.32. The van der Waals surface area contributed by atoms with Gasteiger partial charge in [-0.15, -0.1) is 56.7 Å². The number of likely N-dealkylation sites (tertiary alicyclic amines) is 3. The summed E-state index contributed by atoms with van der Waals surface area (Å²) < 4.78 is 0. The van der Waals surface area contributed by atoms with Gasteiger partial charge in [0, 0.05) is 93.3 Å². The third kappa shape index (κ3) is 29.8. The number of nitrogens with zero attached hydrogens (tertiary/aromatic N) is 15. The van der Waals surface area contributed by atoms with Gasteiger partial charge in [0.1, 0.15) is 29.2 Å². The summed E-state index contributed by atoms with van der Waals surface area (Å²) in [4.78, 5) is 112. The third-order valence-corrected chi connectivity index (χ3v) is 30.8. The number of amides is 5. The molecule has 30 heteroatoms. The number of piperidine rings is 2. The molecule has 0 bridgehead atoms. The van der Waals surface area contributed by atoms with Gasteiger partial charge >= 0.3 is 0 Å². The molecule has 1 unspecified atom stereocenters. The van der Waals surface area contributed by atoms with E-state index in [2.05, 4.69) is 108 Å². The average molecular weight is 1960 g/mol. The third-order valence-electron chi connectivity index (χ3n) is 26.3. The van der Waals surface area contributed by atoms with Crippen molar-refractivity contribution in [1.82, 2.24) is 24.5 Å². The van der Waals surface area contributed by atoms with Crippen LogP contribution in [0.1, 0.15) is 196 Å². The summed E-state index contributed by atoms with van der Waals surface area (Å²) >= 11 is 7.92. The molecular weight excluding hydrogens is 1820 g/mol. The minimum Gasteiger partial charge on any atom is -0.383 e. The Bertz CT molecular complexity index is 5450. The van der Waals surface area contributed by atoms with Gasteiger partial charge in [-0.25, -0.2) is 25.0 Å². The van der Waals surface area contributed by atoms with Crippen LogP contribution in [0.2, 0.25) is 0 Å². The van der Waals surface area contributed by atoms with E-state index in [9.17, 15) is 24.0 Å². The zero-order valence-electron chi connectivity index (χ0n) is 79.9. The second-order valence-corrected chi connectivity index (χ2v) is 40.9. The number of thiophene rings is 5. The molecule has 736 valence electrons. The first-order valence-electron chi connectivity index (χ1n) is 48.8. The Hall–Kier alpha value is -10.9. The molecular formula is C108H144N20O5S5. The van der Waals surface area contributed by atoms with Crippen molar-refractivity contribution in [3.8, 4) is 0 Å². The van der Waals surface area contributed by atoms with Crippen LogP contribution in [0.4, 0.5) is 56.9 Å². The zero-order chi connectivity index (χ0) is 95.2. The Morgan fingerprint density at radius 3 is 0.891 bits per heavy atom. The van der Waals surface area contributed by atoms with Crippen molar-refractivity contribution in [3.63, 3.8) is 0 Å². The number of carbonyl (C=O) groups is 5. The number of rotatable bonds is 32. The van der Waals surface area contributed by atoms with Crippen molar-refractivity contribution in [2.24, 2.45) is 59.5 Å². The standard InChI is InChI=1S/2C22H28N4OS.C21H26N4OS.C21H28N4OS.C20H26N4OS.2CH4/c2*23-22(20-6-4-15-28-20)24-18-8-9-19-17(16-18)7-10-21(27)26(19)14-5-13-25-11-2-1-3-12-25;22-21(19-5-3-14-27-19)23-17-7-8-18-16(15-17)6-9-20(26)25(18)13-4-12-24-10-1-2-11-24;1-3-24(4-2)12-6-13-25-18-10-9-17(15-16(18)8-11-20(25)26)23-21(22)19-7-5-14-27-19;1-23(2)10-4-6-14-12-15-13-16(8-9-17(15)24(3)20(14)25)22-19(21)18-7-5-11-26-18;;/h2*4,6,8-9,15-16H,1-3,5,7,10-14H2,(H2,23,24);3,5,7-8,14-15H,1-2,4,6,9-13H2,(H2,22,23);5,7,9-10,14-15H,3-4,6,8,11-13H2,1-2H3,(H2,22,23);5,7-9,11,13-14H,4,6,10,12H2,1-3H3,(H2,21,22);2*1H4. The highest BCUT2D eigenvalue weighted by Gasteiger charge is 2.33. The first-order valence-corrected chi connectivity index (χ1v) is 53.2. The van der Waals surface area contributed by atoms with Gasteiger partial charge in [0.25, 0.3) is 0 Å². The van der Waals surface area contributed by atoms with E-state index in [4.69, 9.17) is 28.7 Å². The summed E-state index contributed by atoms with van der Waals surface area (Å²) in [6, 6.07) is 50.0. The van der Waals surface area contributed by atoms with Gasteiger partial charge in [-0.05, 0) is 384 Å². The van der Waals surface area contributed by atoms with Crippen LogP contribution in [0.3, 0.4) is 0 Å². The maximum Gasteiger partial charge on any atom is 0.230 e. The van der Waals surface area contributed by atoms with Crippen LogP contribution in [-0.2, 0) is 56.1 Å². The van der Waals surface area contributed by atoms with Crippen molar-refractivity contribution in [3.05, 3.63) is 231 Å². The summed E-state index contributed by atoms with van der Waals surface area (Å²) in [5, 5.41) is 9.97. The molecule has 8 aliphatic rings. The van der Waals surface area contributed by atoms with Gasteiger partial charge in [-0.2, -0.15) is 0 Å². The summed E-state index contributed by atoms with van der Waals surface area (Å²) in [6.45, 7) is 22.1. The van der Waals surface area contributed by atoms with Gasteiger partial charge in [0.2, 0.25) is 29.5 Å². The highest BCUT2D eigenvalue weighted by molar-refractivity contribution is 7.13. The molecule has 0 aliphatic carbocycles. The van der Waals surface area contributed by atoms with Crippen LogP contribution in [0, 0.1) is 5.92 Å². The van der Waals surface area contributed by atoms with Gasteiger partial charge in [-0.3, -0.25) is 24.0 Å². The average Bonchev–Trinajstić information content (AvgIpc) is 0.919. The Kier molecular flexibility index (Phi) is 41.1. The van der Waals surface area contributed by atoms with Gasteiger partial charge in [0.05, 0.1) is 52.8 Å². The van der Waals surface area contributed by atoms with Crippen molar-refractivity contribution in [1.29, 1.82) is 0 Å². The van der Waals surface area contributed by atoms with Crippen LogP contribution in [0.5, 0.6) is 0 Å². The predicted molar refractivity (Wildman–Crippen MR) is 583 cm³/mol. The van der Waals surface area contributed by atoms with Crippen LogP contribution in [0.25, 0.3) is 0 Å². The van der Waals surface area contributed by atoms with Crippen molar-refractivity contribution < 1.29 is 24.0 Å². The zero-order valence-corrected chi connectivity index (χ0v) is 83.9. The normalized spacial score (nSPS) is 17.2. The Balaban J connectivity index is 0.000000154. The second kappa shape index (κ2) is 53.5. The quantitative estimate of drug-likeness (QED) is 0.0193. The SMILES string of the molecule is C.C.CCN(CC)CCCN1C(=O)CCc2cc(N=C(N)c3cccs3)ccc21.CN(C)CCCC1Cc2cc(N=C(N)c3cccs3)ccc2N(C)C1=O.NC(=Nc1ccc2c(c1)CCC(=O)N2CCCN1CCCC1)c1cccs1.NC(=Nc1ccc2c(c1)CCC(=O)N2CCCN1CCCCC1)c1cccs1.NC(=Nc1ccc2c(c1)CCC(=O)N2CCCN1CCCCC1)c1cccs1. The maximum absolute atomic E-state index is 12.6. The number of hydrogen-bond donors (Lipinski definition) is 5. The highest BCUT2D eigenvalue weighted by atomic mass is 32.1. The minimum atomic E-state index is 0. The fraction of sp³-hybridized carbons (Fsp3) is 0.444. The number of nitrogens with two attached hydrogens (primary N) is 5. The Morgan fingerprint density at radius 2 is 0.616 bits per heavy atom. The first-order chi connectivity index (χ1) is 66.2. The molecule has 0 radical (unpaired) electrons. The van der Waals surface area contributed by atoms with E-state index in [0.717, 1.165) is 224 Å². The van der Waals surface area contributed by atoms with Crippen LogP contribution >= 0.6 is 56.7 Å². The number of aryl methyl sites for hydroxylation is 4. The lowest BCUT2D eigenvalue weighted by molar-refractivity contribution is -0.123. The molecule has 3 saturated heterocycles. The van der Waals surface area contributed by atoms with E-state index in [-0.39, 0.29) is 50.3 Å². The van der Waals surface area contributed by atoms with Crippen LogP contribution in [-0.4, -0.2) is 216 Å². The molecule has 5 aromatic heterocycles. The molecule has 0 spiro atoms. The molecule has 1 atom stereocenters. The van der Waals surface area contributed by atoms with E-state index in [1.807, 2.05) is 175 Å². The number of anilines is 5. The monoisotopic (exact) mass is 1960 g/mol. The molecule has 3 fully saturated rings. The fourth-order valence-electron chi connectivity index (χ4n) is 19.0. The highest BCUT2D eigenvalue weighted by Crippen LogP contribution is 2.39. The lowest BCUT2D eigenvalue weighted by Crippen LogP contribution is -2.38. The van der Waals surface area contributed by atoms with E-state index in [0.29, 0.717) is 54.9 Å². The number of amidine groups is 5. The largest absolute Gasteiger partial charge is 0.383 e. The maximum atomic E-state index is 12.6. The van der Waals surface area contributed by atoms with E-state index in [1.54, 1.807) is 61.6 Å². The Labute approximate surface area is 838 Å². The molecule has 10 aromatic rings. The van der Waals surface area contributed by atoms with Crippen LogP contribution < -0.4 is 53.2 Å². The minimum absolute atomic E-state index is 0. The second-order valence-electron chi connectivity index (χ2n) is 36.2. The van der Waals surface area contributed by atoms with Gasteiger partial charge in [-0.1, -0.05) is 71.9 Å². The van der Waals surface area contributed by atoms with E-state index in [1.165, 1.54) is 118 Å². The summed E-state index contributed by atoms with van der Waals surface area (Å²) in [5.41, 5.74) is 45.9. The molecule has 5 aromatic carbocycles. The summed E-state index contributed by atoms with van der Waals surface area (Å²) in [6.07, 6.45) is 22.7. The molecule has 13 heterocycles. The number of benzene rings is 5. The molecule has 5 amide bonds. The molecule has 18 rings (SSSR count). The summed E-state index contributed by atoms with van der Waals surface area (Å²) in [5.74, 6) is 3.87. The smallest absolute Gasteiger partial charge is 0.230 e. The first kappa shape index (κ1) is 106. The van der Waals surface area contributed by atoms with Gasteiger partial charge in [0.15, 0.2) is 0 Å². The topological polar surface area (TPSA) is 310 Å². The Morgan fingerprint density at radius 1 is 0.341 bits per heavy atom. The number of hydrogen-bond acceptors (Lipinski definition) is 20. The van der Waals surface area contributed by atoms with E-state index < -0.39 is 0 Å². The van der Waals surface area contributed by atoms with Gasteiger partial charge < -0.3 is 77.7 Å². The molecule has 25 nitrogen and oxygen atoms in total. The van der Waals surface area contributed by atoms with Crippen LogP contribution in [0.15, 0.2) is 204 Å². The molecule has 138 heavy (non-hydrogen) atoms. The lowest BCUT2D eigenvalue weighted by atomic mass is 9.88. The predicted octanol–water partition coefficient (Wildman–Crippen LogP) is 19.8. The van der Waals surface area contributed by atoms with Crippen molar-refractivity contribution in [2.75, 3.05) is 157 Å².